The molecule has 2 unspecified atom stereocenters. The molecule has 0 radical (unpaired) electrons. The van der Waals surface area contributed by atoms with Gasteiger partial charge in [-0.25, -0.2) is 0 Å². The summed E-state index contributed by atoms with van der Waals surface area (Å²) in [6.07, 6.45) is 8.85. The van der Waals surface area contributed by atoms with Gasteiger partial charge >= 0.3 is 0 Å². The predicted octanol–water partition coefficient (Wildman–Crippen LogP) is 4.20. The maximum Gasteiger partial charge on any atom is 0.184 e. The Bertz CT molecular complexity index is 162. The average Bonchev–Trinajstić information content (AvgIpc) is 2.46. The summed E-state index contributed by atoms with van der Waals surface area (Å²) in [5.41, 5.74) is 0. The molecule has 1 nitrogen and oxygen atoms in total. The van der Waals surface area contributed by atoms with Crippen molar-refractivity contribution in [2.45, 2.75) is 71.2 Å². The zero-order valence-corrected chi connectivity index (χ0v) is 11.3. The summed E-state index contributed by atoms with van der Waals surface area (Å²) >= 11 is 0. The van der Waals surface area contributed by atoms with Gasteiger partial charge in [-0.3, -0.25) is 0 Å². The molecule has 0 spiro atoms. The van der Waals surface area contributed by atoms with Gasteiger partial charge < -0.3 is 4.43 Å². The van der Waals surface area contributed by atoms with Crippen molar-refractivity contribution in [3.8, 4) is 0 Å². The van der Waals surface area contributed by atoms with Crippen LogP contribution in [0, 0.1) is 5.92 Å². The molecule has 0 bridgehead atoms. The molecule has 0 N–H and O–H groups in total. The van der Waals surface area contributed by atoms with Gasteiger partial charge in [0.1, 0.15) is 0 Å². The van der Waals surface area contributed by atoms with Crippen LogP contribution in [0.2, 0.25) is 19.6 Å². The minimum Gasteiger partial charge on any atom is -0.415 e. The molecule has 1 fully saturated rings. The lowest BCUT2D eigenvalue weighted by molar-refractivity contribution is 0.195. The Kier molecular flexibility index (Phi) is 4.65. The van der Waals surface area contributed by atoms with Crippen molar-refractivity contribution in [2.75, 3.05) is 0 Å². The molecule has 14 heavy (non-hydrogen) atoms. The van der Waals surface area contributed by atoms with Gasteiger partial charge in [-0.2, -0.15) is 0 Å². The number of hydrogen-bond acceptors (Lipinski definition) is 1. The second kappa shape index (κ2) is 5.31. The maximum absolute atomic E-state index is 6.15. The van der Waals surface area contributed by atoms with E-state index in [0.717, 1.165) is 5.92 Å². The highest BCUT2D eigenvalue weighted by molar-refractivity contribution is 6.69. The molecular formula is C12H26OSi. The highest BCUT2D eigenvalue weighted by atomic mass is 28.4. The van der Waals surface area contributed by atoms with Crippen LogP contribution in [0.5, 0.6) is 0 Å². The Hall–Kier alpha value is 0.177. The molecule has 1 saturated carbocycles. The third-order valence-corrected chi connectivity index (χ3v) is 4.02. The minimum absolute atomic E-state index is 0.600. The lowest BCUT2D eigenvalue weighted by atomic mass is 10.0. The SMILES string of the molecule is CCCCC1CCC(O[Si](C)(C)C)C1. The summed E-state index contributed by atoms with van der Waals surface area (Å²) in [5.74, 6) is 0.969. The van der Waals surface area contributed by atoms with Gasteiger partial charge in [0, 0.05) is 6.10 Å². The molecule has 0 saturated heterocycles. The van der Waals surface area contributed by atoms with E-state index in [1.165, 1.54) is 38.5 Å². The van der Waals surface area contributed by atoms with Crippen molar-refractivity contribution >= 4 is 8.32 Å². The molecular weight excluding hydrogens is 188 g/mol. The fraction of sp³-hybridized carbons (Fsp3) is 1.00. The van der Waals surface area contributed by atoms with Crippen LogP contribution in [0.25, 0.3) is 0 Å². The molecule has 0 amide bonds. The molecule has 2 heteroatoms. The Morgan fingerprint density at radius 1 is 1.21 bits per heavy atom. The van der Waals surface area contributed by atoms with Crippen molar-refractivity contribution in [3.63, 3.8) is 0 Å². The standard InChI is InChI=1S/C12H26OSi/c1-5-6-7-11-8-9-12(10-11)13-14(2,3)4/h11-12H,5-10H2,1-4H3. The van der Waals surface area contributed by atoms with Gasteiger partial charge in [0.15, 0.2) is 8.32 Å². The Morgan fingerprint density at radius 2 is 1.93 bits per heavy atom. The molecule has 2 atom stereocenters. The van der Waals surface area contributed by atoms with Crippen LogP contribution < -0.4 is 0 Å². The van der Waals surface area contributed by atoms with E-state index in [1.807, 2.05) is 0 Å². The summed E-state index contributed by atoms with van der Waals surface area (Å²) in [4.78, 5) is 0. The van der Waals surface area contributed by atoms with Gasteiger partial charge in [-0.1, -0.05) is 26.2 Å². The van der Waals surface area contributed by atoms with Crippen LogP contribution in [0.4, 0.5) is 0 Å². The molecule has 84 valence electrons. The summed E-state index contributed by atoms with van der Waals surface area (Å²) in [7, 11) is -1.28. The van der Waals surface area contributed by atoms with Gasteiger partial charge in [-0.15, -0.1) is 0 Å². The molecule has 0 aliphatic heterocycles. The van der Waals surface area contributed by atoms with Crippen LogP contribution in [0.15, 0.2) is 0 Å². The van der Waals surface area contributed by atoms with Gasteiger partial charge in [0.05, 0.1) is 0 Å². The Balaban J connectivity index is 2.20. The van der Waals surface area contributed by atoms with E-state index in [0.29, 0.717) is 6.10 Å². The van der Waals surface area contributed by atoms with Crippen molar-refractivity contribution in [1.82, 2.24) is 0 Å². The number of rotatable bonds is 5. The van der Waals surface area contributed by atoms with Crippen LogP contribution in [0.1, 0.15) is 45.4 Å². The molecule has 1 rings (SSSR count). The second-order valence-electron chi connectivity index (χ2n) is 5.67. The summed E-state index contributed by atoms with van der Waals surface area (Å²) in [6.45, 7) is 9.18. The second-order valence-corrected chi connectivity index (χ2v) is 10.1. The zero-order valence-electron chi connectivity index (χ0n) is 10.3. The van der Waals surface area contributed by atoms with E-state index in [-0.39, 0.29) is 0 Å². The largest absolute Gasteiger partial charge is 0.415 e. The van der Waals surface area contributed by atoms with Crippen LogP contribution in [-0.4, -0.2) is 14.4 Å². The highest BCUT2D eigenvalue weighted by Gasteiger charge is 2.28. The number of hydrogen-bond donors (Lipinski definition) is 0. The molecule has 1 aliphatic rings. The zero-order chi connectivity index (χ0) is 10.6. The van der Waals surface area contributed by atoms with Crippen molar-refractivity contribution in [3.05, 3.63) is 0 Å². The first-order valence-corrected chi connectivity index (χ1v) is 9.60. The molecule has 0 heterocycles. The third-order valence-electron chi connectivity index (χ3n) is 2.98. The van der Waals surface area contributed by atoms with Gasteiger partial charge in [0.25, 0.3) is 0 Å². The fourth-order valence-corrected chi connectivity index (χ4v) is 3.61. The highest BCUT2D eigenvalue weighted by Crippen LogP contribution is 2.32. The summed E-state index contributed by atoms with van der Waals surface area (Å²) < 4.78 is 6.15. The van der Waals surface area contributed by atoms with Gasteiger partial charge in [0.2, 0.25) is 0 Å². The van der Waals surface area contributed by atoms with E-state index in [9.17, 15) is 0 Å². The quantitative estimate of drug-likeness (QED) is 0.623. The van der Waals surface area contributed by atoms with Crippen LogP contribution >= 0.6 is 0 Å². The molecule has 0 aromatic heterocycles. The van der Waals surface area contributed by atoms with Crippen LogP contribution in [-0.2, 0) is 4.43 Å². The summed E-state index contributed by atoms with van der Waals surface area (Å²) in [6, 6.07) is 0. The molecule has 0 aromatic rings. The Morgan fingerprint density at radius 3 is 2.50 bits per heavy atom. The van der Waals surface area contributed by atoms with E-state index >= 15 is 0 Å². The lowest BCUT2D eigenvalue weighted by Crippen LogP contribution is -2.30. The van der Waals surface area contributed by atoms with Gasteiger partial charge in [-0.05, 0) is 44.8 Å². The average molecular weight is 214 g/mol. The maximum atomic E-state index is 6.15. The monoisotopic (exact) mass is 214 g/mol. The number of unbranched alkanes of at least 4 members (excludes halogenated alkanes) is 1. The normalized spacial score (nSPS) is 28.3. The molecule has 1 aliphatic carbocycles. The van der Waals surface area contributed by atoms with Crippen molar-refractivity contribution in [1.29, 1.82) is 0 Å². The van der Waals surface area contributed by atoms with E-state index in [1.54, 1.807) is 0 Å². The first kappa shape index (κ1) is 12.2. The van der Waals surface area contributed by atoms with E-state index in [2.05, 4.69) is 26.6 Å². The van der Waals surface area contributed by atoms with Crippen molar-refractivity contribution < 1.29 is 4.43 Å². The smallest absolute Gasteiger partial charge is 0.184 e. The fourth-order valence-electron chi connectivity index (χ4n) is 2.39. The lowest BCUT2D eigenvalue weighted by Gasteiger charge is -2.23. The Labute approximate surface area is 90.4 Å². The summed E-state index contributed by atoms with van der Waals surface area (Å²) in [5, 5.41) is 0. The third kappa shape index (κ3) is 4.60. The topological polar surface area (TPSA) is 9.23 Å². The van der Waals surface area contributed by atoms with Crippen molar-refractivity contribution in [2.24, 2.45) is 5.92 Å². The first-order chi connectivity index (χ1) is 6.51. The predicted molar refractivity (Wildman–Crippen MR) is 65.1 cm³/mol. The van der Waals surface area contributed by atoms with E-state index < -0.39 is 8.32 Å². The van der Waals surface area contributed by atoms with Crippen LogP contribution in [0.3, 0.4) is 0 Å². The first-order valence-electron chi connectivity index (χ1n) is 6.19. The molecule has 0 aromatic carbocycles. The minimum atomic E-state index is -1.28. The van der Waals surface area contributed by atoms with E-state index in [4.69, 9.17) is 4.43 Å².